The molecule has 1 aliphatic heterocycles. The molecule has 7 heteroatoms. The van der Waals surface area contributed by atoms with Crippen LogP contribution in [0.2, 0.25) is 0 Å². The third-order valence-electron chi connectivity index (χ3n) is 4.89. The summed E-state index contributed by atoms with van der Waals surface area (Å²) in [5.74, 6) is -0.258. The summed E-state index contributed by atoms with van der Waals surface area (Å²) in [6.07, 6.45) is 2.70. The number of amides is 2. The molecular weight excluding hydrogens is 344 g/mol. The number of anilines is 1. The van der Waals surface area contributed by atoms with Crippen LogP contribution in [-0.4, -0.2) is 41.6 Å². The smallest absolute Gasteiger partial charge is 0.287 e. The largest absolute Gasteiger partial charge is 0.383 e. The van der Waals surface area contributed by atoms with Crippen LogP contribution in [0.4, 0.5) is 5.69 Å². The van der Waals surface area contributed by atoms with Crippen LogP contribution < -0.4 is 10.6 Å². The standard InChI is InChI=1S/C20H26N4O3/c1-13-7-8-15(12-14(13)2)22-19(25)17-16-6-4-5-10-24(16)18(23-17)20(26)21-9-11-27-3/h7-8,12H,4-6,9-11H2,1-3H3,(H,21,26)(H,22,25). The fourth-order valence-corrected chi connectivity index (χ4v) is 3.25. The van der Waals surface area contributed by atoms with Crippen molar-refractivity contribution in [1.82, 2.24) is 14.9 Å². The Morgan fingerprint density at radius 3 is 2.74 bits per heavy atom. The first-order chi connectivity index (χ1) is 13.0. The number of benzene rings is 1. The summed E-state index contributed by atoms with van der Waals surface area (Å²) in [5.41, 5.74) is 4.18. The molecule has 2 aromatic rings. The Labute approximate surface area is 159 Å². The monoisotopic (exact) mass is 370 g/mol. The predicted molar refractivity (Wildman–Crippen MR) is 103 cm³/mol. The van der Waals surface area contributed by atoms with Crippen LogP contribution in [0.5, 0.6) is 0 Å². The molecule has 0 saturated heterocycles. The van der Waals surface area contributed by atoms with Gasteiger partial charge >= 0.3 is 0 Å². The van der Waals surface area contributed by atoms with Crippen molar-refractivity contribution in [3.8, 4) is 0 Å². The first kappa shape index (κ1) is 19.1. The number of imidazole rings is 1. The van der Waals surface area contributed by atoms with Crippen molar-refractivity contribution in [2.75, 3.05) is 25.6 Å². The highest BCUT2D eigenvalue weighted by Gasteiger charge is 2.27. The van der Waals surface area contributed by atoms with E-state index in [-0.39, 0.29) is 11.8 Å². The van der Waals surface area contributed by atoms with E-state index in [9.17, 15) is 9.59 Å². The molecular formula is C20H26N4O3. The number of nitrogens with zero attached hydrogens (tertiary/aromatic N) is 2. The van der Waals surface area contributed by atoms with Crippen molar-refractivity contribution in [1.29, 1.82) is 0 Å². The normalized spacial score (nSPS) is 13.1. The van der Waals surface area contributed by atoms with E-state index >= 15 is 0 Å². The predicted octanol–water partition coefficient (Wildman–Crippen LogP) is 2.46. The Hall–Kier alpha value is -2.67. The molecule has 0 aliphatic carbocycles. The van der Waals surface area contributed by atoms with Gasteiger partial charge in [-0.2, -0.15) is 0 Å². The van der Waals surface area contributed by atoms with Gasteiger partial charge in [0.2, 0.25) is 0 Å². The molecule has 1 aromatic heterocycles. The van der Waals surface area contributed by atoms with Gasteiger partial charge in [0.1, 0.15) is 0 Å². The molecule has 0 bridgehead atoms. The molecule has 144 valence electrons. The lowest BCUT2D eigenvalue weighted by Crippen LogP contribution is -2.30. The maximum Gasteiger partial charge on any atom is 0.287 e. The third kappa shape index (κ3) is 4.19. The summed E-state index contributed by atoms with van der Waals surface area (Å²) in [6.45, 7) is 5.57. The molecule has 0 radical (unpaired) electrons. The molecule has 2 amide bonds. The average molecular weight is 370 g/mol. The molecule has 7 nitrogen and oxygen atoms in total. The van der Waals surface area contributed by atoms with Crippen molar-refractivity contribution in [3.63, 3.8) is 0 Å². The highest BCUT2D eigenvalue weighted by Crippen LogP contribution is 2.23. The molecule has 0 atom stereocenters. The van der Waals surface area contributed by atoms with Gasteiger partial charge in [0.25, 0.3) is 11.8 Å². The Morgan fingerprint density at radius 1 is 1.19 bits per heavy atom. The van der Waals surface area contributed by atoms with Crippen LogP contribution in [0.3, 0.4) is 0 Å². The van der Waals surface area contributed by atoms with Crippen LogP contribution in [0.1, 0.15) is 50.8 Å². The number of carbonyl (C=O) groups is 2. The SMILES string of the molecule is COCCNC(=O)c1nc(C(=O)Nc2ccc(C)c(C)c2)c2n1CCCC2. The summed E-state index contributed by atoms with van der Waals surface area (Å²) >= 11 is 0. The maximum atomic E-state index is 12.8. The van der Waals surface area contributed by atoms with Crippen molar-refractivity contribution in [2.24, 2.45) is 0 Å². The molecule has 2 N–H and O–H groups in total. The Morgan fingerprint density at radius 2 is 2.00 bits per heavy atom. The lowest BCUT2D eigenvalue weighted by Gasteiger charge is -2.17. The second kappa shape index (κ2) is 8.35. The van der Waals surface area contributed by atoms with Gasteiger partial charge in [0.15, 0.2) is 11.5 Å². The number of hydrogen-bond donors (Lipinski definition) is 2. The second-order valence-electron chi connectivity index (χ2n) is 6.84. The number of hydrogen-bond acceptors (Lipinski definition) is 4. The van der Waals surface area contributed by atoms with Crippen LogP contribution in [0.15, 0.2) is 18.2 Å². The second-order valence-corrected chi connectivity index (χ2v) is 6.84. The van der Waals surface area contributed by atoms with Crippen LogP contribution >= 0.6 is 0 Å². The van der Waals surface area contributed by atoms with Crippen LogP contribution in [0.25, 0.3) is 0 Å². The highest BCUT2D eigenvalue weighted by atomic mass is 16.5. The van der Waals surface area contributed by atoms with Gasteiger partial charge in [0, 0.05) is 25.9 Å². The first-order valence-corrected chi connectivity index (χ1v) is 9.26. The zero-order chi connectivity index (χ0) is 19.4. The number of nitrogens with one attached hydrogen (secondary N) is 2. The highest BCUT2D eigenvalue weighted by molar-refractivity contribution is 6.05. The minimum absolute atomic E-state index is 0.277. The zero-order valence-corrected chi connectivity index (χ0v) is 16.1. The fraction of sp³-hybridized carbons (Fsp3) is 0.450. The molecule has 0 spiro atoms. The quantitative estimate of drug-likeness (QED) is 0.765. The lowest BCUT2D eigenvalue weighted by molar-refractivity contribution is 0.0921. The number of aromatic nitrogens is 2. The van der Waals surface area contributed by atoms with E-state index in [1.807, 2.05) is 36.6 Å². The topological polar surface area (TPSA) is 85.2 Å². The Balaban J connectivity index is 1.85. The van der Waals surface area contributed by atoms with Crippen molar-refractivity contribution in [2.45, 2.75) is 39.7 Å². The van der Waals surface area contributed by atoms with E-state index in [1.165, 1.54) is 5.56 Å². The van der Waals surface area contributed by atoms with Gasteiger partial charge in [-0.15, -0.1) is 0 Å². The number of methoxy groups -OCH3 is 1. The zero-order valence-electron chi connectivity index (χ0n) is 16.1. The maximum absolute atomic E-state index is 12.8. The third-order valence-corrected chi connectivity index (χ3v) is 4.89. The average Bonchev–Trinajstić information content (AvgIpc) is 3.05. The Kier molecular flexibility index (Phi) is 5.91. The van der Waals surface area contributed by atoms with Gasteiger partial charge in [-0.3, -0.25) is 9.59 Å². The van der Waals surface area contributed by atoms with Gasteiger partial charge in [0.05, 0.1) is 12.3 Å². The molecule has 2 heterocycles. The Bertz CT molecular complexity index is 857. The minimum atomic E-state index is -0.278. The van der Waals surface area contributed by atoms with E-state index in [0.29, 0.717) is 31.2 Å². The minimum Gasteiger partial charge on any atom is -0.383 e. The van der Waals surface area contributed by atoms with Gasteiger partial charge in [-0.25, -0.2) is 4.98 Å². The van der Waals surface area contributed by atoms with Crippen molar-refractivity contribution >= 4 is 17.5 Å². The number of aryl methyl sites for hydroxylation is 2. The number of rotatable bonds is 6. The van der Waals surface area contributed by atoms with Crippen LogP contribution in [0, 0.1) is 13.8 Å². The van der Waals surface area contributed by atoms with E-state index in [4.69, 9.17) is 4.74 Å². The molecule has 1 aliphatic rings. The number of fused-ring (bicyclic) bond motifs is 1. The van der Waals surface area contributed by atoms with E-state index < -0.39 is 0 Å². The van der Waals surface area contributed by atoms with E-state index in [0.717, 1.165) is 36.2 Å². The molecule has 0 unspecified atom stereocenters. The van der Waals surface area contributed by atoms with E-state index in [2.05, 4.69) is 15.6 Å². The van der Waals surface area contributed by atoms with Crippen molar-refractivity contribution < 1.29 is 14.3 Å². The first-order valence-electron chi connectivity index (χ1n) is 9.26. The molecule has 27 heavy (non-hydrogen) atoms. The molecule has 1 aromatic carbocycles. The molecule has 0 fully saturated rings. The van der Waals surface area contributed by atoms with Crippen molar-refractivity contribution in [3.05, 3.63) is 46.5 Å². The van der Waals surface area contributed by atoms with Gasteiger partial charge in [-0.1, -0.05) is 6.07 Å². The van der Waals surface area contributed by atoms with E-state index in [1.54, 1.807) is 7.11 Å². The molecule has 3 rings (SSSR count). The summed E-state index contributed by atoms with van der Waals surface area (Å²) in [6, 6.07) is 5.79. The number of ether oxygens (including phenoxy) is 1. The lowest BCUT2D eigenvalue weighted by atomic mass is 10.1. The summed E-state index contributed by atoms with van der Waals surface area (Å²) < 4.78 is 6.84. The van der Waals surface area contributed by atoms with Crippen LogP contribution in [-0.2, 0) is 17.7 Å². The van der Waals surface area contributed by atoms with Gasteiger partial charge in [-0.05, 0) is 56.4 Å². The summed E-state index contributed by atoms with van der Waals surface area (Å²) in [7, 11) is 1.58. The van der Waals surface area contributed by atoms with Gasteiger partial charge < -0.3 is 19.9 Å². The number of carbonyl (C=O) groups excluding carboxylic acids is 2. The fourth-order valence-electron chi connectivity index (χ4n) is 3.25. The molecule has 0 saturated carbocycles. The summed E-state index contributed by atoms with van der Waals surface area (Å²) in [4.78, 5) is 29.7. The summed E-state index contributed by atoms with van der Waals surface area (Å²) in [5, 5.41) is 5.70.